The molecule has 0 saturated carbocycles. The number of aliphatic imine (C=N–C) groups is 1. The van der Waals surface area contributed by atoms with Crippen molar-refractivity contribution in [1.82, 2.24) is 4.98 Å². The molecule has 0 aliphatic carbocycles. The molecule has 0 saturated heterocycles. The number of pyridine rings is 1. The molecule has 21 heavy (non-hydrogen) atoms. The second-order valence-corrected chi connectivity index (χ2v) is 4.84. The van der Waals surface area contributed by atoms with Gasteiger partial charge < -0.3 is 5.73 Å². The molecule has 2 N–H and O–H groups in total. The molecule has 0 spiro atoms. The largest absolute Gasteiger partial charge is 0.387 e. The summed E-state index contributed by atoms with van der Waals surface area (Å²) >= 11 is 0. The van der Waals surface area contributed by atoms with Crippen LogP contribution in [-0.2, 0) is 0 Å². The van der Waals surface area contributed by atoms with E-state index in [9.17, 15) is 4.39 Å². The first-order chi connectivity index (χ1) is 10.1. The average Bonchev–Trinajstić information content (AvgIpc) is 2.46. The molecule has 0 aliphatic heterocycles. The van der Waals surface area contributed by atoms with Crippen molar-refractivity contribution in [3.8, 4) is 11.3 Å². The quantitative estimate of drug-likeness (QED) is 0.568. The second kappa shape index (κ2) is 5.32. The third-order valence-electron chi connectivity index (χ3n) is 3.10. The minimum absolute atomic E-state index is 0.266. The van der Waals surface area contributed by atoms with Gasteiger partial charge in [-0.3, -0.25) is 0 Å². The Balaban J connectivity index is 2.07. The van der Waals surface area contributed by atoms with E-state index in [2.05, 4.69) is 9.98 Å². The van der Waals surface area contributed by atoms with Gasteiger partial charge in [0.25, 0.3) is 0 Å². The lowest BCUT2D eigenvalue weighted by molar-refractivity contribution is 0.628. The summed E-state index contributed by atoms with van der Waals surface area (Å²) in [6.45, 7) is 1.75. The van der Waals surface area contributed by atoms with Crippen LogP contribution in [0.1, 0.15) is 6.92 Å². The Kier molecular flexibility index (Phi) is 3.36. The molecule has 0 radical (unpaired) electrons. The fraction of sp³-hybridized carbons (Fsp3) is 0.0588. The maximum atomic E-state index is 13.3. The molecule has 2 aromatic carbocycles. The van der Waals surface area contributed by atoms with E-state index >= 15 is 0 Å². The van der Waals surface area contributed by atoms with E-state index in [1.165, 1.54) is 12.1 Å². The Morgan fingerprint density at radius 3 is 2.71 bits per heavy atom. The highest BCUT2D eigenvalue weighted by Gasteiger charge is 2.03. The third-order valence-corrected chi connectivity index (χ3v) is 3.10. The van der Waals surface area contributed by atoms with Crippen LogP contribution in [0.4, 0.5) is 10.1 Å². The van der Waals surface area contributed by atoms with E-state index < -0.39 is 0 Å². The Morgan fingerprint density at radius 1 is 1.10 bits per heavy atom. The van der Waals surface area contributed by atoms with Crippen molar-refractivity contribution < 1.29 is 4.39 Å². The summed E-state index contributed by atoms with van der Waals surface area (Å²) in [6, 6.07) is 15.9. The first kappa shape index (κ1) is 13.2. The zero-order chi connectivity index (χ0) is 14.8. The summed E-state index contributed by atoms with van der Waals surface area (Å²) in [4.78, 5) is 8.78. The molecular weight excluding hydrogens is 265 g/mol. The predicted molar refractivity (Wildman–Crippen MR) is 84.1 cm³/mol. The summed E-state index contributed by atoms with van der Waals surface area (Å²) in [5.74, 6) is 0.246. The number of nitrogens with two attached hydrogens (primary N) is 1. The lowest BCUT2D eigenvalue weighted by atomic mass is 10.1. The van der Waals surface area contributed by atoms with Gasteiger partial charge in [0.2, 0.25) is 0 Å². The zero-order valence-corrected chi connectivity index (χ0v) is 11.5. The number of fused-ring (bicyclic) bond motifs is 1. The van der Waals surface area contributed by atoms with Crippen molar-refractivity contribution in [2.24, 2.45) is 10.7 Å². The lowest BCUT2D eigenvalue weighted by Gasteiger charge is -2.04. The fourth-order valence-electron chi connectivity index (χ4n) is 2.19. The van der Waals surface area contributed by atoms with Gasteiger partial charge in [0.15, 0.2) is 0 Å². The van der Waals surface area contributed by atoms with E-state index in [0.717, 1.165) is 27.8 Å². The first-order valence-electron chi connectivity index (χ1n) is 6.59. The topological polar surface area (TPSA) is 51.3 Å². The van der Waals surface area contributed by atoms with Crippen molar-refractivity contribution >= 4 is 22.4 Å². The maximum Gasteiger partial charge on any atom is 0.123 e. The van der Waals surface area contributed by atoms with Gasteiger partial charge in [-0.15, -0.1) is 0 Å². The Labute approximate surface area is 122 Å². The minimum atomic E-state index is -0.266. The van der Waals surface area contributed by atoms with Gasteiger partial charge in [-0.05, 0) is 43.3 Å². The SMILES string of the molecule is CC(N)=Nc1ccc2nc(-c3cccc(F)c3)ccc2c1. The molecule has 0 unspecified atom stereocenters. The third kappa shape index (κ3) is 2.89. The van der Waals surface area contributed by atoms with E-state index in [0.29, 0.717) is 5.84 Å². The second-order valence-electron chi connectivity index (χ2n) is 4.84. The number of nitrogens with zero attached hydrogens (tertiary/aromatic N) is 2. The molecule has 0 amide bonds. The molecule has 0 aliphatic rings. The van der Waals surface area contributed by atoms with Gasteiger partial charge in [0.1, 0.15) is 5.82 Å². The molecule has 3 aromatic rings. The average molecular weight is 279 g/mol. The van der Waals surface area contributed by atoms with Crippen molar-refractivity contribution in [2.75, 3.05) is 0 Å². The number of amidine groups is 1. The summed E-state index contributed by atoms with van der Waals surface area (Å²) in [5.41, 5.74) is 8.72. The van der Waals surface area contributed by atoms with Crippen molar-refractivity contribution in [2.45, 2.75) is 6.92 Å². The number of rotatable bonds is 2. The number of hydrogen-bond donors (Lipinski definition) is 1. The van der Waals surface area contributed by atoms with Crippen LogP contribution in [0.15, 0.2) is 59.6 Å². The summed E-state index contributed by atoms with van der Waals surface area (Å²) < 4.78 is 13.3. The van der Waals surface area contributed by atoms with Crippen molar-refractivity contribution in [3.05, 3.63) is 60.4 Å². The van der Waals surface area contributed by atoms with E-state index in [-0.39, 0.29) is 5.82 Å². The summed E-state index contributed by atoms with van der Waals surface area (Å²) in [5, 5.41) is 0.970. The van der Waals surface area contributed by atoms with Gasteiger partial charge >= 0.3 is 0 Å². The Bertz CT molecular complexity index is 836. The normalized spacial score (nSPS) is 11.8. The van der Waals surface area contributed by atoms with Crippen LogP contribution in [0.5, 0.6) is 0 Å². The van der Waals surface area contributed by atoms with Crippen LogP contribution < -0.4 is 5.73 Å². The highest BCUT2D eigenvalue weighted by Crippen LogP contribution is 2.24. The van der Waals surface area contributed by atoms with Crippen LogP contribution in [0, 0.1) is 5.82 Å². The monoisotopic (exact) mass is 279 g/mol. The van der Waals surface area contributed by atoms with Crippen molar-refractivity contribution in [1.29, 1.82) is 0 Å². The van der Waals surface area contributed by atoms with E-state index in [1.807, 2.05) is 36.4 Å². The van der Waals surface area contributed by atoms with E-state index in [4.69, 9.17) is 5.73 Å². The van der Waals surface area contributed by atoms with Gasteiger partial charge in [-0.1, -0.05) is 18.2 Å². The maximum absolute atomic E-state index is 13.3. The molecule has 1 heterocycles. The standard InChI is InChI=1S/C17H14FN3/c1-11(19)20-15-6-8-17-13(10-15)5-7-16(21-17)12-3-2-4-14(18)9-12/h2-10H,1H3,(H2,19,20). The molecule has 3 rings (SSSR count). The molecule has 0 atom stereocenters. The van der Waals surface area contributed by atoms with Gasteiger partial charge in [-0.25, -0.2) is 14.4 Å². The van der Waals surface area contributed by atoms with Gasteiger partial charge in [-0.2, -0.15) is 0 Å². The number of benzene rings is 2. The van der Waals surface area contributed by atoms with Crippen LogP contribution in [0.25, 0.3) is 22.2 Å². The molecule has 4 heteroatoms. The zero-order valence-electron chi connectivity index (χ0n) is 11.5. The summed E-state index contributed by atoms with van der Waals surface area (Å²) in [6.07, 6.45) is 0. The molecular formula is C17H14FN3. The van der Waals surface area contributed by atoms with Crippen molar-refractivity contribution in [3.63, 3.8) is 0 Å². The lowest BCUT2D eigenvalue weighted by Crippen LogP contribution is -2.03. The number of hydrogen-bond acceptors (Lipinski definition) is 2. The molecule has 104 valence electrons. The Hall–Kier alpha value is -2.75. The molecule has 0 fully saturated rings. The highest BCUT2D eigenvalue weighted by atomic mass is 19.1. The smallest absolute Gasteiger partial charge is 0.123 e. The summed E-state index contributed by atoms with van der Waals surface area (Å²) in [7, 11) is 0. The predicted octanol–water partition coefficient (Wildman–Crippen LogP) is 4.05. The molecule has 0 bridgehead atoms. The van der Waals surface area contributed by atoms with Crippen LogP contribution in [0.3, 0.4) is 0 Å². The van der Waals surface area contributed by atoms with Gasteiger partial charge in [0.05, 0.1) is 22.7 Å². The number of aromatic nitrogens is 1. The van der Waals surface area contributed by atoms with Crippen LogP contribution in [-0.4, -0.2) is 10.8 Å². The van der Waals surface area contributed by atoms with E-state index in [1.54, 1.807) is 13.0 Å². The number of halogens is 1. The molecule has 3 nitrogen and oxygen atoms in total. The minimum Gasteiger partial charge on any atom is -0.387 e. The van der Waals surface area contributed by atoms with Crippen LogP contribution in [0.2, 0.25) is 0 Å². The Morgan fingerprint density at radius 2 is 1.95 bits per heavy atom. The molecule has 1 aromatic heterocycles. The van der Waals surface area contributed by atoms with Gasteiger partial charge in [0, 0.05) is 10.9 Å². The fourth-order valence-corrected chi connectivity index (χ4v) is 2.19. The first-order valence-corrected chi connectivity index (χ1v) is 6.59. The highest BCUT2D eigenvalue weighted by molar-refractivity contribution is 5.86. The van der Waals surface area contributed by atoms with Crippen LogP contribution >= 0.6 is 0 Å².